The molecule has 0 radical (unpaired) electrons. The van der Waals surface area contributed by atoms with Crippen LogP contribution in [-0.2, 0) is 26.0 Å². The molecule has 10 heteroatoms. The molecule has 8 nitrogen and oxygen atoms in total. The second-order valence-corrected chi connectivity index (χ2v) is 11.8. The molecule has 0 bridgehead atoms. The fraction of sp³-hybridized carbons (Fsp3) is 0.385. The molecule has 36 heavy (non-hydrogen) atoms. The molecule has 1 fully saturated rings. The van der Waals surface area contributed by atoms with Crippen molar-refractivity contribution in [1.29, 1.82) is 0 Å². The van der Waals surface area contributed by atoms with Crippen molar-refractivity contribution in [2.24, 2.45) is 11.8 Å². The number of carbonyl (C=O) groups is 2. The molecular weight excluding hydrogens is 502 g/mol. The molecular formula is C26H28ClN3O5S. The van der Waals surface area contributed by atoms with Crippen LogP contribution in [0.4, 0.5) is 11.4 Å². The lowest BCUT2D eigenvalue weighted by Gasteiger charge is -2.35. The van der Waals surface area contributed by atoms with Gasteiger partial charge in [-0.3, -0.25) is 9.59 Å². The van der Waals surface area contributed by atoms with Gasteiger partial charge in [-0.15, -0.1) is 0 Å². The Morgan fingerprint density at radius 3 is 2.33 bits per heavy atom. The number of carbonyl (C=O) groups excluding carboxylic acids is 1. The van der Waals surface area contributed by atoms with Crippen LogP contribution < -0.4 is 9.80 Å². The molecule has 2 unspecified atom stereocenters. The molecule has 2 aliphatic heterocycles. The van der Waals surface area contributed by atoms with Gasteiger partial charge in [0.25, 0.3) is 0 Å². The van der Waals surface area contributed by atoms with Gasteiger partial charge in [-0.1, -0.05) is 29.8 Å². The van der Waals surface area contributed by atoms with Gasteiger partial charge in [-0.25, -0.2) is 8.42 Å². The molecule has 1 N–H and O–H groups in total. The number of aliphatic carboxylic acids is 1. The fourth-order valence-corrected chi connectivity index (χ4v) is 6.99. The van der Waals surface area contributed by atoms with Crippen molar-refractivity contribution in [3.8, 4) is 0 Å². The average molecular weight is 530 g/mol. The Balaban J connectivity index is 1.30. The van der Waals surface area contributed by atoms with Crippen molar-refractivity contribution >= 4 is 44.9 Å². The minimum absolute atomic E-state index is 0.210. The van der Waals surface area contributed by atoms with Gasteiger partial charge in [0.2, 0.25) is 15.9 Å². The van der Waals surface area contributed by atoms with E-state index < -0.39 is 27.8 Å². The van der Waals surface area contributed by atoms with Crippen LogP contribution in [0.1, 0.15) is 18.4 Å². The highest BCUT2D eigenvalue weighted by atomic mass is 35.5. The predicted molar refractivity (Wildman–Crippen MR) is 138 cm³/mol. The van der Waals surface area contributed by atoms with E-state index in [-0.39, 0.29) is 10.8 Å². The van der Waals surface area contributed by atoms with E-state index in [2.05, 4.69) is 4.90 Å². The zero-order valence-corrected chi connectivity index (χ0v) is 21.3. The summed E-state index contributed by atoms with van der Waals surface area (Å²) in [4.78, 5) is 28.9. The van der Waals surface area contributed by atoms with E-state index in [0.717, 1.165) is 11.3 Å². The number of hydrogen-bond donors (Lipinski definition) is 1. The molecule has 1 aliphatic carbocycles. The molecule has 0 aromatic heterocycles. The third-order valence-corrected chi connectivity index (χ3v) is 9.46. The molecule has 2 heterocycles. The van der Waals surface area contributed by atoms with Gasteiger partial charge < -0.3 is 14.9 Å². The number of carboxylic acids is 1. The fourth-order valence-electron chi connectivity index (χ4n) is 5.34. The second kappa shape index (κ2) is 9.88. The van der Waals surface area contributed by atoms with Crippen LogP contribution in [0.25, 0.3) is 0 Å². The number of piperazine rings is 1. The van der Waals surface area contributed by atoms with Crippen molar-refractivity contribution in [3.05, 3.63) is 65.2 Å². The van der Waals surface area contributed by atoms with Crippen molar-refractivity contribution in [3.63, 3.8) is 0 Å². The average Bonchev–Trinajstić information content (AvgIpc) is 3.32. The highest BCUT2D eigenvalue weighted by molar-refractivity contribution is 7.89. The van der Waals surface area contributed by atoms with Gasteiger partial charge in [0.05, 0.1) is 16.7 Å². The summed E-state index contributed by atoms with van der Waals surface area (Å²) < 4.78 is 28.3. The van der Waals surface area contributed by atoms with Gasteiger partial charge in [-0.05, 0) is 61.2 Å². The van der Waals surface area contributed by atoms with E-state index >= 15 is 0 Å². The van der Waals surface area contributed by atoms with Gasteiger partial charge in [0.1, 0.15) is 0 Å². The first-order chi connectivity index (χ1) is 17.3. The minimum Gasteiger partial charge on any atom is -0.481 e. The monoisotopic (exact) mass is 529 g/mol. The molecule has 1 amide bonds. The van der Waals surface area contributed by atoms with Crippen LogP contribution in [0.5, 0.6) is 0 Å². The van der Waals surface area contributed by atoms with Crippen LogP contribution in [0, 0.1) is 11.8 Å². The summed E-state index contributed by atoms with van der Waals surface area (Å²) in [6.45, 7) is 2.27. The number of carboxylic acid groups (broad SMARTS) is 1. The highest BCUT2D eigenvalue weighted by Crippen LogP contribution is 2.36. The third-order valence-electron chi connectivity index (χ3n) is 7.33. The van der Waals surface area contributed by atoms with Gasteiger partial charge in [0.15, 0.2) is 0 Å². The number of benzene rings is 2. The summed E-state index contributed by atoms with van der Waals surface area (Å²) in [5.41, 5.74) is 2.43. The number of sulfonamides is 1. The number of allylic oxidation sites excluding steroid dienone is 2. The summed E-state index contributed by atoms with van der Waals surface area (Å²) >= 11 is 6.10. The molecule has 0 saturated carbocycles. The molecule has 2 aromatic rings. The molecule has 2 aromatic carbocycles. The minimum atomic E-state index is -3.69. The smallest absolute Gasteiger partial charge is 0.307 e. The molecule has 1 saturated heterocycles. The Bertz CT molecular complexity index is 1320. The topological polar surface area (TPSA) is 98.2 Å². The molecule has 3 aliphatic rings. The first-order valence-corrected chi connectivity index (χ1v) is 13.9. The first-order valence-electron chi connectivity index (χ1n) is 12.1. The highest BCUT2D eigenvalue weighted by Gasteiger charge is 2.39. The van der Waals surface area contributed by atoms with E-state index in [1.165, 1.54) is 4.31 Å². The number of anilines is 2. The Morgan fingerprint density at radius 2 is 1.64 bits per heavy atom. The van der Waals surface area contributed by atoms with E-state index in [1.54, 1.807) is 23.1 Å². The van der Waals surface area contributed by atoms with Crippen molar-refractivity contribution in [2.75, 3.05) is 42.5 Å². The quantitative estimate of drug-likeness (QED) is 0.596. The number of hydrogen-bond acceptors (Lipinski definition) is 5. The maximum Gasteiger partial charge on any atom is 0.307 e. The van der Waals surface area contributed by atoms with E-state index in [9.17, 15) is 23.1 Å². The Kier molecular flexibility index (Phi) is 6.80. The first kappa shape index (κ1) is 24.8. The maximum atomic E-state index is 13.4. The van der Waals surface area contributed by atoms with Crippen molar-refractivity contribution < 1.29 is 23.1 Å². The predicted octanol–water partition coefficient (Wildman–Crippen LogP) is 3.41. The summed E-state index contributed by atoms with van der Waals surface area (Å²) in [5, 5.41) is 10.2. The zero-order valence-electron chi connectivity index (χ0n) is 19.7. The Labute approximate surface area is 215 Å². The number of halogens is 1. The SMILES string of the molecule is O=C(O)C1CC=CCC1C(=O)N1CCc2cc(S(=O)(=O)N3CCN(c4cccc(Cl)c4)CC3)ccc21. The molecule has 5 rings (SSSR count). The lowest BCUT2D eigenvalue weighted by Crippen LogP contribution is -2.48. The summed E-state index contributed by atoms with van der Waals surface area (Å²) in [6, 6.07) is 12.4. The standard InChI is InChI=1S/C26H28ClN3O5S/c27-19-4-3-5-20(17-19)28-12-14-29(15-13-28)36(34,35)21-8-9-24-18(16-21)10-11-30(24)25(31)22-6-1-2-7-23(22)26(32)33/h1-5,8-9,16-17,22-23H,6-7,10-15H2,(H,32,33). The third kappa shape index (κ3) is 4.63. The largest absolute Gasteiger partial charge is 0.481 e. The van der Waals surface area contributed by atoms with Crippen LogP contribution >= 0.6 is 11.6 Å². The number of rotatable bonds is 5. The van der Waals surface area contributed by atoms with Gasteiger partial charge >= 0.3 is 5.97 Å². The summed E-state index contributed by atoms with van der Waals surface area (Å²) in [7, 11) is -3.69. The van der Waals surface area contributed by atoms with Gasteiger partial charge in [-0.2, -0.15) is 4.31 Å². The van der Waals surface area contributed by atoms with Gasteiger partial charge in [0, 0.05) is 49.1 Å². The number of nitrogens with zero attached hydrogens (tertiary/aromatic N) is 3. The lowest BCUT2D eigenvalue weighted by atomic mass is 9.82. The molecule has 190 valence electrons. The lowest BCUT2D eigenvalue weighted by molar-refractivity contribution is -0.146. The Hall–Kier alpha value is -2.88. The van der Waals surface area contributed by atoms with Crippen molar-refractivity contribution in [1.82, 2.24) is 4.31 Å². The summed E-state index contributed by atoms with van der Waals surface area (Å²) in [6.07, 6.45) is 4.95. The summed E-state index contributed by atoms with van der Waals surface area (Å²) in [5.74, 6) is -2.53. The number of amides is 1. The molecule has 0 spiro atoms. The van der Waals surface area contributed by atoms with E-state index in [0.29, 0.717) is 62.7 Å². The second-order valence-electron chi connectivity index (χ2n) is 9.40. The van der Waals surface area contributed by atoms with Crippen molar-refractivity contribution in [2.45, 2.75) is 24.2 Å². The van der Waals surface area contributed by atoms with Crippen LogP contribution in [0.15, 0.2) is 59.5 Å². The maximum absolute atomic E-state index is 13.4. The normalized spacial score (nSPS) is 22.5. The zero-order chi connectivity index (χ0) is 25.4. The van der Waals surface area contributed by atoms with Crippen LogP contribution in [0.3, 0.4) is 0 Å². The van der Waals surface area contributed by atoms with E-state index in [4.69, 9.17) is 11.6 Å². The number of fused-ring (bicyclic) bond motifs is 1. The van der Waals surface area contributed by atoms with E-state index in [1.807, 2.05) is 36.4 Å². The molecule has 2 atom stereocenters. The van der Waals surface area contributed by atoms with Crippen LogP contribution in [-0.4, -0.2) is 62.4 Å². The Morgan fingerprint density at radius 1 is 0.917 bits per heavy atom. The van der Waals surface area contributed by atoms with Crippen LogP contribution in [0.2, 0.25) is 5.02 Å².